The molecule has 2 rings (SSSR count). The van der Waals surface area contributed by atoms with Crippen LogP contribution in [-0.2, 0) is 11.2 Å². The van der Waals surface area contributed by atoms with Crippen LogP contribution in [0.15, 0.2) is 53.2 Å². The first-order chi connectivity index (χ1) is 13.0. The van der Waals surface area contributed by atoms with Gasteiger partial charge in [-0.1, -0.05) is 65.4 Å². The second kappa shape index (κ2) is 10.6. The molecule has 0 saturated heterocycles. The summed E-state index contributed by atoms with van der Waals surface area (Å²) < 4.78 is 0. The van der Waals surface area contributed by atoms with Gasteiger partial charge in [-0.05, 0) is 27.2 Å². The summed E-state index contributed by atoms with van der Waals surface area (Å²) in [5, 5.41) is 11.7. The van der Waals surface area contributed by atoms with Crippen LogP contribution in [0.1, 0.15) is 31.5 Å². The Balaban J connectivity index is 2.25. The van der Waals surface area contributed by atoms with E-state index < -0.39 is 0 Å². The van der Waals surface area contributed by atoms with Crippen LogP contribution < -0.4 is 5.32 Å². The van der Waals surface area contributed by atoms with Crippen molar-refractivity contribution in [2.75, 3.05) is 12.8 Å². The number of allylic oxidation sites excluding steroid dienone is 4. The quantitative estimate of drug-likeness (QED) is 0.549. The number of nitrogens with zero attached hydrogens (tertiary/aromatic N) is 3. The van der Waals surface area contributed by atoms with Crippen LogP contribution in [0.5, 0.6) is 0 Å². The fourth-order valence-electron chi connectivity index (χ4n) is 2.26. The van der Waals surface area contributed by atoms with Crippen LogP contribution in [0.25, 0.3) is 11.3 Å². The Morgan fingerprint density at radius 3 is 2.59 bits per heavy atom. The molecule has 0 atom stereocenters. The molecule has 1 N–H and O–H groups in total. The Morgan fingerprint density at radius 1 is 1.19 bits per heavy atom. The van der Waals surface area contributed by atoms with Crippen molar-refractivity contribution in [3.8, 4) is 11.3 Å². The van der Waals surface area contributed by atoms with Crippen molar-refractivity contribution >= 4 is 17.7 Å². The van der Waals surface area contributed by atoms with Crippen molar-refractivity contribution in [3.63, 3.8) is 0 Å². The monoisotopic (exact) mass is 382 g/mol. The van der Waals surface area contributed by atoms with Gasteiger partial charge in [0.25, 0.3) is 0 Å². The molecule has 0 spiro atoms. The summed E-state index contributed by atoms with van der Waals surface area (Å²) in [6.07, 6.45) is 7.97. The van der Waals surface area contributed by atoms with Crippen LogP contribution in [-0.4, -0.2) is 33.9 Å². The topological polar surface area (TPSA) is 67.8 Å². The average molecular weight is 383 g/mol. The van der Waals surface area contributed by atoms with Crippen LogP contribution in [0.2, 0.25) is 0 Å². The highest BCUT2D eigenvalue weighted by atomic mass is 32.2. The van der Waals surface area contributed by atoms with E-state index in [2.05, 4.69) is 64.7 Å². The molecule has 5 nitrogen and oxygen atoms in total. The Hall–Kier alpha value is -2.47. The average Bonchev–Trinajstić information content (AvgIpc) is 2.70. The van der Waals surface area contributed by atoms with E-state index in [0.29, 0.717) is 11.6 Å². The normalized spacial score (nSPS) is 11.8. The molecule has 1 heterocycles. The maximum atomic E-state index is 11.5. The molecule has 0 aliphatic rings. The summed E-state index contributed by atoms with van der Waals surface area (Å²) >= 11 is 1.29. The molecule has 0 fully saturated rings. The first-order valence-corrected chi connectivity index (χ1v) is 9.92. The number of hydrogen-bond donors (Lipinski definition) is 1. The molecule has 0 bridgehead atoms. The van der Waals surface area contributed by atoms with Gasteiger partial charge in [-0.3, -0.25) is 4.79 Å². The number of thioether (sulfide) groups is 1. The molecule has 6 heteroatoms. The van der Waals surface area contributed by atoms with E-state index in [1.807, 2.05) is 19.1 Å². The molecule has 1 aromatic carbocycles. The van der Waals surface area contributed by atoms with E-state index in [1.54, 1.807) is 7.05 Å². The van der Waals surface area contributed by atoms with E-state index in [0.717, 1.165) is 23.4 Å². The summed E-state index contributed by atoms with van der Waals surface area (Å²) in [5.41, 5.74) is 5.17. The molecule has 2 aromatic rings. The number of amides is 1. The van der Waals surface area contributed by atoms with Crippen molar-refractivity contribution in [3.05, 3.63) is 59.3 Å². The number of carbonyl (C=O) groups is 1. The maximum absolute atomic E-state index is 11.5. The SMILES string of the molecule is C/C=C(/C)C/C=C\Cc1nc(SCC(=O)NC)nnc1-c1ccc(C)cc1. The fourth-order valence-corrected chi connectivity index (χ4v) is 2.94. The number of aromatic nitrogens is 3. The molecule has 0 saturated carbocycles. The van der Waals surface area contributed by atoms with Crippen molar-refractivity contribution in [1.29, 1.82) is 0 Å². The number of hydrogen-bond acceptors (Lipinski definition) is 5. The lowest BCUT2D eigenvalue weighted by Gasteiger charge is -2.08. The lowest BCUT2D eigenvalue weighted by Crippen LogP contribution is -2.20. The van der Waals surface area contributed by atoms with E-state index in [1.165, 1.54) is 22.9 Å². The van der Waals surface area contributed by atoms with Gasteiger partial charge < -0.3 is 5.32 Å². The summed E-state index contributed by atoms with van der Waals surface area (Å²) in [7, 11) is 1.62. The van der Waals surface area contributed by atoms with E-state index in [-0.39, 0.29) is 11.7 Å². The Labute approximate surface area is 165 Å². The number of benzene rings is 1. The molecule has 142 valence electrons. The van der Waals surface area contributed by atoms with Crippen LogP contribution in [0.4, 0.5) is 0 Å². The molecular weight excluding hydrogens is 356 g/mol. The van der Waals surface area contributed by atoms with E-state index in [9.17, 15) is 4.79 Å². The van der Waals surface area contributed by atoms with Gasteiger partial charge >= 0.3 is 0 Å². The highest BCUT2D eigenvalue weighted by Gasteiger charge is 2.12. The molecule has 0 aliphatic carbocycles. The summed E-state index contributed by atoms with van der Waals surface area (Å²) in [4.78, 5) is 16.1. The summed E-state index contributed by atoms with van der Waals surface area (Å²) in [5.74, 6) is 0.215. The third kappa shape index (κ3) is 6.64. The lowest BCUT2D eigenvalue weighted by atomic mass is 10.1. The zero-order valence-electron chi connectivity index (χ0n) is 16.3. The third-order valence-electron chi connectivity index (χ3n) is 4.09. The number of aryl methyl sites for hydroxylation is 1. The van der Waals surface area contributed by atoms with Gasteiger partial charge in [0.05, 0.1) is 11.4 Å². The highest BCUT2D eigenvalue weighted by molar-refractivity contribution is 7.99. The number of nitrogens with one attached hydrogen (secondary N) is 1. The van der Waals surface area contributed by atoms with Crippen molar-refractivity contribution in [2.45, 2.75) is 38.8 Å². The van der Waals surface area contributed by atoms with Gasteiger partial charge in [-0.2, -0.15) is 0 Å². The standard InChI is InChI=1S/C21H26N4OS/c1-5-15(2)8-6-7-9-18-20(17-12-10-16(3)11-13-17)24-25-21(23-18)27-14-19(26)22-4/h5-7,10-13H,8-9,14H2,1-4H3,(H,22,26)/b7-6-,15-5-. The molecule has 27 heavy (non-hydrogen) atoms. The molecule has 0 unspecified atom stereocenters. The predicted octanol–water partition coefficient (Wildman–Crippen LogP) is 4.14. The van der Waals surface area contributed by atoms with Gasteiger partial charge in [0.2, 0.25) is 11.1 Å². The largest absolute Gasteiger partial charge is 0.358 e. The second-order valence-electron chi connectivity index (χ2n) is 6.23. The van der Waals surface area contributed by atoms with Crippen molar-refractivity contribution in [1.82, 2.24) is 20.5 Å². The van der Waals surface area contributed by atoms with Gasteiger partial charge in [-0.15, -0.1) is 10.2 Å². The molecule has 1 aromatic heterocycles. The van der Waals surface area contributed by atoms with Crippen LogP contribution in [0, 0.1) is 6.92 Å². The second-order valence-corrected chi connectivity index (χ2v) is 7.17. The smallest absolute Gasteiger partial charge is 0.230 e. The maximum Gasteiger partial charge on any atom is 0.230 e. The minimum absolute atomic E-state index is 0.0607. The van der Waals surface area contributed by atoms with E-state index >= 15 is 0 Å². The van der Waals surface area contributed by atoms with Gasteiger partial charge in [0.1, 0.15) is 5.69 Å². The zero-order chi connectivity index (χ0) is 19.6. The van der Waals surface area contributed by atoms with Crippen molar-refractivity contribution < 1.29 is 4.79 Å². The molecule has 0 radical (unpaired) electrons. The highest BCUT2D eigenvalue weighted by Crippen LogP contribution is 2.23. The van der Waals surface area contributed by atoms with Gasteiger partial charge in [-0.25, -0.2) is 4.98 Å². The number of carbonyl (C=O) groups excluding carboxylic acids is 1. The van der Waals surface area contributed by atoms with Crippen LogP contribution in [0.3, 0.4) is 0 Å². The minimum atomic E-state index is -0.0607. The fraction of sp³-hybridized carbons (Fsp3) is 0.333. The van der Waals surface area contributed by atoms with Crippen LogP contribution >= 0.6 is 11.8 Å². The third-order valence-corrected chi connectivity index (χ3v) is 4.92. The lowest BCUT2D eigenvalue weighted by molar-refractivity contribution is -0.118. The Morgan fingerprint density at radius 2 is 1.93 bits per heavy atom. The Kier molecular flexibility index (Phi) is 8.20. The minimum Gasteiger partial charge on any atom is -0.358 e. The summed E-state index contributed by atoms with van der Waals surface area (Å²) in [6, 6.07) is 8.19. The first kappa shape index (κ1) is 20.8. The molecular formula is C21H26N4OS. The van der Waals surface area contributed by atoms with Crippen molar-refractivity contribution in [2.24, 2.45) is 0 Å². The number of rotatable bonds is 8. The molecule has 1 amide bonds. The Bertz CT molecular complexity index is 829. The predicted molar refractivity (Wildman–Crippen MR) is 112 cm³/mol. The van der Waals surface area contributed by atoms with E-state index in [4.69, 9.17) is 0 Å². The molecule has 0 aliphatic heterocycles. The first-order valence-electron chi connectivity index (χ1n) is 8.94. The zero-order valence-corrected chi connectivity index (χ0v) is 17.1. The van der Waals surface area contributed by atoms with Gasteiger partial charge in [0, 0.05) is 19.0 Å². The van der Waals surface area contributed by atoms with Gasteiger partial charge in [0.15, 0.2) is 0 Å². The summed E-state index contributed by atoms with van der Waals surface area (Å²) in [6.45, 7) is 6.21.